The maximum absolute atomic E-state index is 12.0. The highest BCUT2D eigenvalue weighted by Gasteiger charge is 2.05. The zero-order valence-electron chi connectivity index (χ0n) is 14.3. The van der Waals surface area contributed by atoms with Crippen LogP contribution in [0.2, 0.25) is 0 Å². The molecule has 0 spiro atoms. The zero-order valence-corrected chi connectivity index (χ0v) is 14.3. The third-order valence-electron chi connectivity index (χ3n) is 3.93. The standard InChI is InChI=1S/C21H20N2O2/c1-15-10-12-17(13-11-15)16(2)22-23-21(24)14-25-20-9-5-7-18-6-3-4-8-19(18)20/h3-13H,14H2,1-2H3,(H,23,24). The highest BCUT2D eigenvalue weighted by atomic mass is 16.5. The summed E-state index contributed by atoms with van der Waals surface area (Å²) in [6.07, 6.45) is 0. The first-order valence-corrected chi connectivity index (χ1v) is 8.14. The first kappa shape index (κ1) is 16.7. The molecule has 3 rings (SSSR count). The summed E-state index contributed by atoms with van der Waals surface area (Å²) in [6, 6.07) is 21.7. The lowest BCUT2D eigenvalue weighted by Crippen LogP contribution is -2.25. The molecule has 0 aliphatic rings. The van der Waals surface area contributed by atoms with Crippen LogP contribution < -0.4 is 10.2 Å². The van der Waals surface area contributed by atoms with E-state index in [-0.39, 0.29) is 12.5 Å². The molecule has 0 heterocycles. The van der Waals surface area contributed by atoms with Gasteiger partial charge in [0, 0.05) is 5.39 Å². The van der Waals surface area contributed by atoms with Gasteiger partial charge in [0.25, 0.3) is 5.91 Å². The van der Waals surface area contributed by atoms with Crippen molar-refractivity contribution < 1.29 is 9.53 Å². The average molecular weight is 332 g/mol. The van der Waals surface area contributed by atoms with Crippen LogP contribution in [-0.4, -0.2) is 18.2 Å². The van der Waals surface area contributed by atoms with Crippen molar-refractivity contribution in [2.45, 2.75) is 13.8 Å². The number of nitrogens with zero attached hydrogens (tertiary/aromatic N) is 1. The van der Waals surface area contributed by atoms with E-state index in [1.807, 2.05) is 80.6 Å². The molecule has 0 fully saturated rings. The third-order valence-corrected chi connectivity index (χ3v) is 3.93. The van der Waals surface area contributed by atoms with Crippen molar-refractivity contribution in [1.82, 2.24) is 5.43 Å². The molecule has 0 radical (unpaired) electrons. The number of hydrogen-bond acceptors (Lipinski definition) is 3. The summed E-state index contributed by atoms with van der Waals surface area (Å²) in [7, 11) is 0. The van der Waals surface area contributed by atoms with Crippen LogP contribution in [0.5, 0.6) is 5.75 Å². The molecule has 1 N–H and O–H groups in total. The largest absolute Gasteiger partial charge is 0.483 e. The van der Waals surface area contributed by atoms with Gasteiger partial charge in [-0.2, -0.15) is 5.10 Å². The fourth-order valence-corrected chi connectivity index (χ4v) is 2.50. The van der Waals surface area contributed by atoms with Crippen LogP contribution in [0.4, 0.5) is 0 Å². The summed E-state index contributed by atoms with van der Waals surface area (Å²) < 4.78 is 5.65. The van der Waals surface area contributed by atoms with Gasteiger partial charge in [-0.15, -0.1) is 0 Å². The van der Waals surface area contributed by atoms with E-state index in [9.17, 15) is 4.79 Å². The van der Waals surface area contributed by atoms with Gasteiger partial charge in [-0.05, 0) is 30.9 Å². The second-order valence-electron chi connectivity index (χ2n) is 5.86. The second-order valence-corrected chi connectivity index (χ2v) is 5.86. The lowest BCUT2D eigenvalue weighted by atomic mass is 10.1. The number of benzene rings is 3. The number of carbonyl (C=O) groups is 1. The number of aryl methyl sites for hydroxylation is 1. The normalized spacial score (nSPS) is 11.4. The van der Waals surface area contributed by atoms with Gasteiger partial charge in [-0.1, -0.05) is 66.2 Å². The maximum Gasteiger partial charge on any atom is 0.277 e. The minimum Gasteiger partial charge on any atom is -0.483 e. The van der Waals surface area contributed by atoms with Crippen molar-refractivity contribution >= 4 is 22.4 Å². The van der Waals surface area contributed by atoms with E-state index < -0.39 is 0 Å². The van der Waals surface area contributed by atoms with E-state index >= 15 is 0 Å². The smallest absolute Gasteiger partial charge is 0.277 e. The Balaban J connectivity index is 1.61. The van der Waals surface area contributed by atoms with Crippen LogP contribution in [0, 0.1) is 6.92 Å². The molecule has 3 aromatic rings. The van der Waals surface area contributed by atoms with Crippen LogP contribution in [0.1, 0.15) is 18.1 Å². The molecular weight excluding hydrogens is 312 g/mol. The minimum atomic E-state index is -0.292. The van der Waals surface area contributed by atoms with Gasteiger partial charge in [-0.25, -0.2) is 5.43 Å². The number of fused-ring (bicyclic) bond motifs is 1. The van der Waals surface area contributed by atoms with Gasteiger partial charge >= 0.3 is 0 Å². The van der Waals surface area contributed by atoms with Crippen LogP contribution in [0.25, 0.3) is 10.8 Å². The van der Waals surface area contributed by atoms with Crippen molar-refractivity contribution in [2.24, 2.45) is 5.10 Å². The molecule has 0 saturated heterocycles. The molecule has 0 aliphatic carbocycles. The second kappa shape index (κ2) is 7.62. The molecule has 126 valence electrons. The molecule has 0 saturated carbocycles. The Hall–Kier alpha value is -3.14. The molecule has 0 aliphatic heterocycles. The summed E-state index contributed by atoms with van der Waals surface area (Å²) in [4.78, 5) is 12.0. The number of hydrogen-bond donors (Lipinski definition) is 1. The number of hydrazone groups is 1. The summed E-state index contributed by atoms with van der Waals surface area (Å²) in [5.74, 6) is 0.395. The van der Waals surface area contributed by atoms with E-state index in [2.05, 4.69) is 10.5 Å². The number of amides is 1. The predicted octanol–water partition coefficient (Wildman–Crippen LogP) is 4.07. The van der Waals surface area contributed by atoms with Gasteiger partial charge < -0.3 is 4.74 Å². The molecule has 25 heavy (non-hydrogen) atoms. The van der Waals surface area contributed by atoms with E-state index in [0.29, 0.717) is 5.75 Å². The van der Waals surface area contributed by atoms with E-state index in [1.54, 1.807) is 0 Å². The van der Waals surface area contributed by atoms with Crippen LogP contribution in [0.3, 0.4) is 0 Å². The number of rotatable bonds is 5. The molecule has 3 aromatic carbocycles. The highest BCUT2D eigenvalue weighted by molar-refractivity contribution is 5.99. The number of carbonyl (C=O) groups excluding carboxylic acids is 1. The van der Waals surface area contributed by atoms with E-state index in [4.69, 9.17) is 4.74 Å². The van der Waals surface area contributed by atoms with E-state index in [1.165, 1.54) is 5.56 Å². The predicted molar refractivity (Wildman–Crippen MR) is 101 cm³/mol. The molecule has 0 unspecified atom stereocenters. The molecule has 0 atom stereocenters. The molecule has 0 aromatic heterocycles. The fourth-order valence-electron chi connectivity index (χ4n) is 2.50. The maximum atomic E-state index is 12.0. The third kappa shape index (κ3) is 4.23. The molecule has 1 amide bonds. The molecule has 4 nitrogen and oxygen atoms in total. The Morgan fingerprint density at radius 2 is 1.72 bits per heavy atom. The summed E-state index contributed by atoms with van der Waals surface area (Å²) in [5, 5.41) is 6.20. The lowest BCUT2D eigenvalue weighted by molar-refractivity contribution is -0.123. The average Bonchev–Trinajstić information content (AvgIpc) is 2.65. The summed E-state index contributed by atoms with van der Waals surface area (Å²) in [5.41, 5.74) is 5.44. The van der Waals surface area contributed by atoms with Gasteiger partial charge in [-0.3, -0.25) is 4.79 Å². The Morgan fingerprint density at radius 1 is 1.00 bits per heavy atom. The first-order valence-electron chi connectivity index (χ1n) is 8.14. The van der Waals surface area contributed by atoms with Crippen molar-refractivity contribution in [2.75, 3.05) is 6.61 Å². The monoisotopic (exact) mass is 332 g/mol. The van der Waals surface area contributed by atoms with Gasteiger partial charge in [0.1, 0.15) is 5.75 Å². The molecule has 4 heteroatoms. The minimum absolute atomic E-state index is 0.0846. The van der Waals surface area contributed by atoms with Crippen molar-refractivity contribution in [3.05, 3.63) is 77.9 Å². The Labute approximate surface area is 147 Å². The van der Waals surface area contributed by atoms with Gasteiger partial charge in [0.05, 0.1) is 5.71 Å². The van der Waals surface area contributed by atoms with Crippen LogP contribution >= 0.6 is 0 Å². The van der Waals surface area contributed by atoms with Crippen LogP contribution in [-0.2, 0) is 4.79 Å². The summed E-state index contributed by atoms with van der Waals surface area (Å²) in [6.45, 7) is 3.80. The quantitative estimate of drug-likeness (QED) is 0.566. The van der Waals surface area contributed by atoms with E-state index in [0.717, 1.165) is 22.0 Å². The SMILES string of the molecule is CC(=NNC(=O)COc1cccc2ccccc12)c1ccc(C)cc1. The van der Waals surface area contributed by atoms with Crippen molar-refractivity contribution in [3.8, 4) is 5.75 Å². The van der Waals surface area contributed by atoms with Crippen molar-refractivity contribution in [1.29, 1.82) is 0 Å². The van der Waals surface area contributed by atoms with Crippen molar-refractivity contribution in [3.63, 3.8) is 0 Å². The zero-order chi connectivity index (χ0) is 17.6. The first-order chi connectivity index (χ1) is 12.1. The van der Waals surface area contributed by atoms with Gasteiger partial charge in [0.2, 0.25) is 0 Å². The Bertz CT molecular complexity index is 909. The Kier molecular flexibility index (Phi) is 5.09. The topological polar surface area (TPSA) is 50.7 Å². The summed E-state index contributed by atoms with van der Waals surface area (Å²) >= 11 is 0. The Morgan fingerprint density at radius 3 is 2.52 bits per heavy atom. The highest BCUT2D eigenvalue weighted by Crippen LogP contribution is 2.24. The number of ether oxygens (including phenoxy) is 1. The fraction of sp³-hybridized carbons (Fsp3) is 0.143. The lowest BCUT2D eigenvalue weighted by Gasteiger charge is -2.08. The molecular formula is C21H20N2O2. The molecule has 0 bridgehead atoms. The number of nitrogens with one attached hydrogen (secondary N) is 1. The van der Waals surface area contributed by atoms with Gasteiger partial charge in [0.15, 0.2) is 6.61 Å². The van der Waals surface area contributed by atoms with Crippen LogP contribution in [0.15, 0.2) is 71.8 Å².